The van der Waals surface area contributed by atoms with E-state index in [1.54, 1.807) is 13.2 Å². The second-order valence-electron chi connectivity index (χ2n) is 8.90. The summed E-state index contributed by atoms with van der Waals surface area (Å²) in [5, 5.41) is 8.89. The number of carboxylic acid groups (broad SMARTS) is 1. The summed E-state index contributed by atoms with van der Waals surface area (Å²) < 4.78 is 5.85. The van der Waals surface area contributed by atoms with Gasteiger partial charge >= 0.3 is 5.97 Å². The molecule has 0 aromatic heterocycles. The van der Waals surface area contributed by atoms with Gasteiger partial charge in [-0.15, -0.1) is 0 Å². The van der Waals surface area contributed by atoms with E-state index in [9.17, 15) is 4.79 Å². The molecule has 0 saturated carbocycles. The average molecular weight is 367 g/mol. The fraction of sp³-hybridized carbons (Fsp3) is 0.375. The van der Waals surface area contributed by atoms with Crippen LogP contribution in [0.5, 0.6) is 5.75 Å². The first-order valence-electron chi connectivity index (χ1n) is 9.18. The first-order chi connectivity index (χ1) is 12.4. The number of carboxylic acids is 1. The van der Waals surface area contributed by atoms with Crippen LogP contribution in [0.4, 0.5) is 0 Å². The lowest BCUT2D eigenvalue weighted by Crippen LogP contribution is -2.18. The lowest BCUT2D eigenvalue weighted by molar-refractivity contribution is -0.131. The molecule has 0 saturated heterocycles. The largest absolute Gasteiger partial charge is 0.496 e. The van der Waals surface area contributed by atoms with E-state index in [1.807, 2.05) is 24.3 Å². The molecule has 2 rings (SSSR count). The third-order valence-electron chi connectivity index (χ3n) is 4.58. The van der Waals surface area contributed by atoms with Crippen LogP contribution in [0.1, 0.15) is 58.2 Å². The molecule has 3 nitrogen and oxygen atoms in total. The summed E-state index contributed by atoms with van der Waals surface area (Å²) in [6.07, 6.45) is 2.76. The fourth-order valence-electron chi connectivity index (χ4n) is 3.03. The van der Waals surface area contributed by atoms with Crippen molar-refractivity contribution in [2.75, 3.05) is 7.11 Å². The molecule has 2 aromatic carbocycles. The second kappa shape index (κ2) is 7.59. The van der Waals surface area contributed by atoms with E-state index in [1.165, 1.54) is 11.1 Å². The van der Waals surface area contributed by atoms with Crippen LogP contribution < -0.4 is 4.74 Å². The number of hydrogen-bond donors (Lipinski definition) is 1. The number of benzene rings is 2. The van der Waals surface area contributed by atoms with Gasteiger partial charge in [0, 0.05) is 17.2 Å². The van der Waals surface area contributed by atoms with Gasteiger partial charge in [0.1, 0.15) is 5.75 Å². The molecular formula is C24H30O3. The smallest absolute Gasteiger partial charge is 0.328 e. The minimum atomic E-state index is -0.956. The second-order valence-corrected chi connectivity index (χ2v) is 8.90. The van der Waals surface area contributed by atoms with Gasteiger partial charge < -0.3 is 9.84 Å². The molecule has 0 heterocycles. The SMILES string of the molecule is COc1c(-c2cccc(/C=C/C(=O)O)c2)cc(C(C)(C)C)cc1C(C)(C)C. The Balaban J connectivity index is 2.75. The highest BCUT2D eigenvalue weighted by Gasteiger charge is 2.26. The Morgan fingerprint density at radius 3 is 2.19 bits per heavy atom. The number of hydrogen-bond acceptors (Lipinski definition) is 2. The summed E-state index contributed by atoms with van der Waals surface area (Å²) in [7, 11) is 1.71. The Morgan fingerprint density at radius 1 is 1.00 bits per heavy atom. The van der Waals surface area contributed by atoms with Crippen molar-refractivity contribution in [1.29, 1.82) is 0 Å². The molecule has 3 heteroatoms. The minimum absolute atomic E-state index is 0.00183. The van der Waals surface area contributed by atoms with Crippen LogP contribution in [0.2, 0.25) is 0 Å². The van der Waals surface area contributed by atoms with Gasteiger partial charge in [-0.2, -0.15) is 0 Å². The molecule has 0 aliphatic rings. The molecule has 0 fully saturated rings. The number of aliphatic carboxylic acids is 1. The molecule has 0 aliphatic heterocycles. The maximum atomic E-state index is 10.8. The maximum absolute atomic E-state index is 10.8. The molecule has 0 bridgehead atoms. The molecule has 144 valence electrons. The van der Waals surface area contributed by atoms with Crippen LogP contribution in [0, 0.1) is 0 Å². The minimum Gasteiger partial charge on any atom is -0.496 e. The van der Waals surface area contributed by atoms with Crippen molar-refractivity contribution in [3.63, 3.8) is 0 Å². The lowest BCUT2D eigenvalue weighted by Gasteiger charge is -2.29. The van der Waals surface area contributed by atoms with Gasteiger partial charge in [0.15, 0.2) is 0 Å². The van der Waals surface area contributed by atoms with Gasteiger partial charge in [0.05, 0.1) is 7.11 Å². The van der Waals surface area contributed by atoms with Crippen molar-refractivity contribution in [2.45, 2.75) is 52.4 Å². The molecule has 0 radical (unpaired) electrons. The standard InChI is InChI=1S/C24H30O3/c1-23(2,3)18-14-19(22(27-7)20(15-18)24(4,5)6)17-10-8-9-16(13-17)11-12-21(25)26/h8-15H,1-7H3,(H,25,26)/b12-11+. The quantitative estimate of drug-likeness (QED) is 0.670. The zero-order valence-electron chi connectivity index (χ0n) is 17.4. The van der Waals surface area contributed by atoms with Gasteiger partial charge in [-0.25, -0.2) is 4.79 Å². The maximum Gasteiger partial charge on any atom is 0.328 e. The van der Waals surface area contributed by atoms with Crippen molar-refractivity contribution in [3.05, 3.63) is 59.2 Å². The molecule has 27 heavy (non-hydrogen) atoms. The van der Waals surface area contributed by atoms with Gasteiger partial charge in [0.25, 0.3) is 0 Å². The van der Waals surface area contributed by atoms with Crippen molar-refractivity contribution in [1.82, 2.24) is 0 Å². The molecule has 1 N–H and O–H groups in total. The third-order valence-corrected chi connectivity index (χ3v) is 4.58. The van der Waals surface area contributed by atoms with Crippen molar-refractivity contribution in [3.8, 4) is 16.9 Å². The zero-order valence-corrected chi connectivity index (χ0v) is 17.4. The topological polar surface area (TPSA) is 46.5 Å². The van der Waals surface area contributed by atoms with Gasteiger partial charge in [-0.1, -0.05) is 65.8 Å². The number of carbonyl (C=O) groups is 1. The molecule has 0 unspecified atom stereocenters. The number of rotatable bonds is 4. The van der Waals surface area contributed by atoms with E-state index in [0.29, 0.717) is 0 Å². The highest BCUT2D eigenvalue weighted by molar-refractivity contribution is 5.86. The first kappa shape index (κ1) is 20.8. The van der Waals surface area contributed by atoms with E-state index in [0.717, 1.165) is 28.5 Å². The van der Waals surface area contributed by atoms with Crippen molar-refractivity contribution < 1.29 is 14.6 Å². The van der Waals surface area contributed by atoms with Crippen LogP contribution in [0.25, 0.3) is 17.2 Å². The Labute approximate surface area is 162 Å². The van der Waals surface area contributed by atoms with Crippen molar-refractivity contribution in [2.24, 2.45) is 0 Å². The molecule has 0 spiro atoms. The van der Waals surface area contributed by atoms with E-state index < -0.39 is 5.97 Å². The predicted molar refractivity (Wildman–Crippen MR) is 112 cm³/mol. The van der Waals surface area contributed by atoms with Crippen LogP contribution in [0.3, 0.4) is 0 Å². The predicted octanol–water partition coefficient (Wildman–Crippen LogP) is 6.06. The van der Waals surface area contributed by atoms with E-state index in [-0.39, 0.29) is 10.8 Å². The number of ether oxygens (including phenoxy) is 1. The normalized spacial score (nSPS) is 12.4. The molecule has 0 atom stereocenters. The number of methoxy groups -OCH3 is 1. The molecule has 0 amide bonds. The van der Waals surface area contributed by atoms with Crippen LogP contribution in [-0.2, 0) is 15.6 Å². The van der Waals surface area contributed by atoms with Crippen LogP contribution in [-0.4, -0.2) is 18.2 Å². The highest BCUT2D eigenvalue weighted by Crippen LogP contribution is 2.42. The fourth-order valence-corrected chi connectivity index (χ4v) is 3.03. The Bertz CT molecular complexity index is 862. The molecule has 0 aliphatic carbocycles. The van der Waals surface area contributed by atoms with Gasteiger partial charge in [0.2, 0.25) is 0 Å². The summed E-state index contributed by atoms with van der Waals surface area (Å²) in [4.78, 5) is 10.8. The molecular weight excluding hydrogens is 336 g/mol. The van der Waals surface area contributed by atoms with E-state index in [4.69, 9.17) is 9.84 Å². The summed E-state index contributed by atoms with van der Waals surface area (Å²) in [5.41, 5.74) is 5.23. The summed E-state index contributed by atoms with van der Waals surface area (Å²) >= 11 is 0. The molecule has 2 aromatic rings. The Morgan fingerprint density at radius 2 is 1.67 bits per heavy atom. The average Bonchev–Trinajstić information content (AvgIpc) is 2.57. The first-order valence-corrected chi connectivity index (χ1v) is 9.18. The Kier molecular flexibility index (Phi) is 5.84. The monoisotopic (exact) mass is 366 g/mol. The van der Waals surface area contributed by atoms with Gasteiger partial charge in [-0.05, 0) is 45.7 Å². The zero-order chi connectivity index (χ0) is 20.4. The van der Waals surface area contributed by atoms with E-state index >= 15 is 0 Å². The highest BCUT2D eigenvalue weighted by atomic mass is 16.5. The third kappa shape index (κ3) is 5.00. The van der Waals surface area contributed by atoms with Crippen molar-refractivity contribution >= 4 is 12.0 Å². The lowest BCUT2D eigenvalue weighted by atomic mass is 9.78. The van der Waals surface area contributed by atoms with Crippen LogP contribution in [0.15, 0.2) is 42.5 Å². The summed E-state index contributed by atoms with van der Waals surface area (Å²) in [6, 6.07) is 12.3. The van der Waals surface area contributed by atoms with Crippen LogP contribution >= 0.6 is 0 Å². The van der Waals surface area contributed by atoms with Gasteiger partial charge in [-0.3, -0.25) is 0 Å². The van der Waals surface area contributed by atoms with E-state index in [2.05, 4.69) is 53.7 Å². The summed E-state index contributed by atoms with van der Waals surface area (Å²) in [6.45, 7) is 13.2. The Hall–Kier alpha value is -2.55. The summed E-state index contributed by atoms with van der Waals surface area (Å²) in [5.74, 6) is -0.0856.